The number of pyridine rings is 1. The number of amides is 1. The highest BCUT2D eigenvalue weighted by Crippen LogP contribution is 2.06. The largest absolute Gasteiger partial charge is 0.385 e. The van der Waals surface area contributed by atoms with Crippen molar-refractivity contribution in [2.45, 2.75) is 25.8 Å². The van der Waals surface area contributed by atoms with E-state index < -0.39 is 6.04 Å². The lowest BCUT2D eigenvalue weighted by molar-refractivity contribution is -0.117. The predicted molar refractivity (Wildman–Crippen MR) is 66.7 cm³/mol. The van der Waals surface area contributed by atoms with Gasteiger partial charge < -0.3 is 15.8 Å². The standard InChI is InChI=1S/C12H19N3O2/c1-9-5-6-10(8-14-9)15-12(16)11(13)4-3-7-17-2/h5-6,8,11H,3-4,7,13H2,1-2H3,(H,15,16). The van der Waals surface area contributed by atoms with Gasteiger partial charge in [0, 0.05) is 19.4 Å². The normalized spacial score (nSPS) is 12.2. The minimum absolute atomic E-state index is 0.188. The van der Waals surface area contributed by atoms with E-state index in [4.69, 9.17) is 10.5 Å². The lowest BCUT2D eigenvalue weighted by Gasteiger charge is -2.11. The quantitative estimate of drug-likeness (QED) is 0.726. The molecule has 1 aromatic heterocycles. The highest BCUT2D eigenvalue weighted by molar-refractivity contribution is 5.94. The van der Waals surface area contributed by atoms with E-state index in [0.717, 1.165) is 12.1 Å². The van der Waals surface area contributed by atoms with Gasteiger partial charge in [-0.2, -0.15) is 0 Å². The molecule has 17 heavy (non-hydrogen) atoms. The van der Waals surface area contributed by atoms with Gasteiger partial charge in [-0.3, -0.25) is 9.78 Å². The van der Waals surface area contributed by atoms with Gasteiger partial charge in [-0.25, -0.2) is 0 Å². The number of nitrogens with zero attached hydrogens (tertiary/aromatic N) is 1. The number of nitrogens with one attached hydrogen (secondary N) is 1. The Morgan fingerprint density at radius 2 is 2.35 bits per heavy atom. The first-order chi connectivity index (χ1) is 8.13. The summed E-state index contributed by atoms with van der Waals surface area (Å²) in [6.45, 7) is 2.51. The maximum absolute atomic E-state index is 11.7. The van der Waals surface area contributed by atoms with Gasteiger partial charge in [0.15, 0.2) is 0 Å². The fourth-order valence-electron chi connectivity index (χ4n) is 1.36. The molecule has 0 aromatic carbocycles. The fourth-order valence-corrected chi connectivity index (χ4v) is 1.36. The first kappa shape index (κ1) is 13.6. The first-order valence-corrected chi connectivity index (χ1v) is 5.61. The van der Waals surface area contributed by atoms with Crippen molar-refractivity contribution in [1.29, 1.82) is 0 Å². The van der Waals surface area contributed by atoms with E-state index in [-0.39, 0.29) is 5.91 Å². The van der Waals surface area contributed by atoms with E-state index in [0.29, 0.717) is 18.7 Å². The molecule has 5 heteroatoms. The Balaban J connectivity index is 2.40. The summed E-state index contributed by atoms with van der Waals surface area (Å²) in [5.74, 6) is -0.188. The summed E-state index contributed by atoms with van der Waals surface area (Å²) in [5, 5.41) is 2.73. The van der Waals surface area contributed by atoms with E-state index in [9.17, 15) is 4.79 Å². The van der Waals surface area contributed by atoms with Crippen molar-refractivity contribution in [3.63, 3.8) is 0 Å². The van der Waals surface area contributed by atoms with Crippen LogP contribution in [0.4, 0.5) is 5.69 Å². The number of ether oxygens (including phenoxy) is 1. The Labute approximate surface area is 101 Å². The molecule has 5 nitrogen and oxygen atoms in total. The molecule has 1 aromatic rings. The number of carbonyl (C=O) groups is 1. The van der Waals surface area contributed by atoms with E-state index >= 15 is 0 Å². The molecule has 0 radical (unpaired) electrons. The zero-order chi connectivity index (χ0) is 12.7. The monoisotopic (exact) mass is 237 g/mol. The Hall–Kier alpha value is -1.46. The van der Waals surface area contributed by atoms with Crippen LogP contribution in [0.15, 0.2) is 18.3 Å². The molecule has 3 N–H and O–H groups in total. The second kappa shape index (κ2) is 6.98. The number of anilines is 1. The molecule has 0 spiro atoms. The summed E-state index contributed by atoms with van der Waals surface area (Å²) in [6.07, 6.45) is 3.01. The number of aryl methyl sites for hydroxylation is 1. The van der Waals surface area contributed by atoms with Gasteiger partial charge in [-0.15, -0.1) is 0 Å². The Kier molecular flexibility index (Phi) is 5.59. The van der Waals surface area contributed by atoms with E-state index in [1.54, 1.807) is 13.3 Å². The molecule has 0 saturated heterocycles. The van der Waals surface area contributed by atoms with Crippen LogP contribution >= 0.6 is 0 Å². The van der Waals surface area contributed by atoms with Crippen molar-refractivity contribution < 1.29 is 9.53 Å². The fraction of sp³-hybridized carbons (Fsp3) is 0.500. The molecular weight excluding hydrogens is 218 g/mol. The van der Waals surface area contributed by atoms with Gasteiger partial charge in [0.2, 0.25) is 5.91 Å². The first-order valence-electron chi connectivity index (χ1n) is 5.61. The molecular formula is C12H19N3O2. The summed E-state index contributed by atoms with van der Waals surface area (Å²) < 4.78 is 4.91. The number of rotatable bonds is 6. The van der Waals surface area contributed by atoms with E-state index in [1.165, 1.54) is 0 Å². The third-order valence-corrected chi connectivity index (χ3v) is 2.38. The maximum Gasteiger partial charge on any atom is 0.241 e. The predicted octanol–water partition coefficient (Wildman–Crippen LogP) is 1.08. The Morgan fingerprint density at radius 3 is 2.94 bits per heavy atom. The molecule has 0 aliphatic carbocycles. The van der Waals surface area contributed by atoms with Gasteiger partial charge in [-0.05, 0) is 31.9 Å². The third kappa shape index (κ3) is 4.93. The number of methoxy groups -OCH3 is 1. The second-order valence-electron chi connectivity index (χ2n) is 3.92. The molecule has 0 bridgehead atoms. The van der Waals surface area contributed by atoms with Crippen molar-refractivity contribution in [2.75, 3.05) is 19.0 Å². The van der Waals surface area contributed by atoms with Crippen molar-refractivity contribution in [3.05, 3.63) is 24.0 Å². The number of carbonyl (C=O) groups excluding carboxylic acids is 1. The Bertz CT molecular complexity index is 351. The van der Waals surface area contributed by atoms with Crippen LogP contribution in [0.25, 0.3) is 0 Å². The molecule has 1 unspecified atom stereocenters. The van der Waals surface area contributed by atoms with Gasteiger partial charge in [-0.1, -0.05) is 0 Å². The van der Waals surface area contributed by atoms with Crippen molar-refractivity contribution in [2.24, 2.45) is 5.73 Å². The van der Waals surface area contributed by atoms with Crippen LogP contribution in [-0.4, -0.2) is 30.6 Å². The van der Waals surface area contributed by atoms with Crippen LogP contribution in [0.3, 0.4) is 0 Å². The number of nitrogens with two attached hydrogens (primary N) is 1. The summed E-state index contributed by atoms with van der Waals surface area (Å²) in [7, 11) is 1.63. The smallest absolute Gasteiger partial charge is 0.241 e. The van der Waals surface area contributed by atoms with Crippen LogP contribution in [-0.2, 0) is 9.53 Å². The SMILES string of the molecule is COCCCC(N)C(=O)Nc1ccc(C)nc1. The van der Waals surface area contributed by atoms with Gasteiger partial charge in [0.25, 0.3) is 0 Å². The van der Waals surface area contributed by atoms with Crippen molar-refractivity contribution in [1.82, 2.24) is 4.98 Å². The summed E-state index contributed by atoms with van der Waals surface area (Å²) in [6, 6.07) is 3.14. The number of aromatic nitrogens is 1. The average molecular weight is 237 g/mol. The summed E-state index contributed by atoms with van der Waals surface area (Å²) in [4.78, 5) is 15.8. The molecule has 1 amide bonds. The van der Waals surface area contributed by atoms with Crippen LogP contribution in [0.5, 0.6) is 0 Å². The van der Waals surface area contributed by atoms with E-state index in [1.807, 2.05) is 19.1 Å². The van der Waals surface area contributed by atoms with Crippen molar-refractivity contribution in [3.8, 4) is 0 Å². The van der Waals surface area contributed by atoms with Gasteiger partial charge in [0.05, 0.1) is 17.9 Å². The molecule has 0 saturated carbocycles. The third-order valence-electron chi connectivity index (χ3n) is 2.38. The van der Waals surface area contributed by atoms with Crippen LogP contribution < -0.4 is 11.1 Å². The van der Waals surface area contributed by atoms with E-state index in [2.05, 4.69) is 10.3 Å². The minimum atomic E-state index is -0.508. The average Bonchev–Trinajstić information content (AvgIpc) is 2.32. The van der Waals surface area contributed by atoms with Crippen LogP contribution in [0.2, 0.25) is 0 Å². The molecule has 0 fully saturated rings. The second-order valence-corrected chi connectivity index (χ2v) is 3.92. The number of hydrogen-bond acceptors (Lipinski definition) is 4. The molecule has 1 heterocycles. The number of hydrogen-bond donors (Lipinski definition) is 2. The van der Waals surface area contributed by atoms with Crippen LogP contribution in [0, 0.1) is 6.92 Å². The topological polar surface area (TPSA) is 77.2 Å². The molecule has 94 valence electrons. The zero-order valence-electron chi connectivity index (χ0n) is 10.3. The lowest BCUT2D eigenvalue weighted by atomic mass is 10.1. The maximum atomic E-state index is 11.7. The molecule has 1 rings (SSSR count). The van der Waals surface area contributed by atoms with Crippen LogP contribution in [0.1, 0.15) is 18.5 Å². The Morgan fingerprint density at radius 1 is 1.59 bits per heavy atom. The van der Waals surface area contributed by atoms with Gasteiger partial charge in [0.1, 0.15) is 0 Å². The summed E-state index contributed by atoms with van der Waals surface area (Å²) in [5.41, 5.74) is 7.33. The lowest BCUT2D eigenvalue weighted by Crippen LogP contribution is -2.35. The molecule has 1 atom stereocenters. The molecule has 0 aliphatic heterocycles. The highest BCUT2D eigenvalue weighted by Gasteiger charge is 2.12. The summed E-state index contributed by atoms with van der Waals surface area (Å²) >= 11 is 0. The zero-order valence-corrected chi connectivity index (χ0v) is 10.3. The van der Waals surface area contributed by atoms with Gasteiger partial charge >= 0.3 is 0 Å². The molecule has 0 aliphatic rings. The minimum Gasteiger partial charge on any atom is -0.385 e. The highest BCUT2D eigenvalue weighted by atomic mass is 16.5. The van der Waals surface area contributed by atoms with Crippen molar-refractivity contribution >= 4 is 11.6 Å².